The molecule has 0 spiro atoms. The molecule has 4 rings (SSSR count). The minimum Gasteiger partial charge on any atom is -0.507 e. The molecule has 0 aliphatic carbocycles. The number of carbonyl (C=O) groups excluding carboxylic acids is 2. The van der Waals surface area contributed by atoms with Gasteiger partial charge < -0.3 is 15.2 Å². The van der Waals surface area contributed by atoms with E-state index in [1.165, 1.54) is 37.4 Å². The van der Waals surface area contributed by atoms with Gasteiger partial charge in [0.2, 0.25) is 0 Å². The average molecular weight is 520 g/mol. The summed E-state index contributed by atoms with van der Waals surface area (Å²) in [6.07, 6.45) is -4.40. The first-order valence-corrected chi connectivity index (χ1v) is 11.7. The molecule has 0 radical (unpaired) electrons. The molecule has 0 heterocycles. The quantitative estimate of drug-likeness (QED) is 0.283. The molecule has 8 heteroatoms. The minimum absolute atomic E-state index is 0.127. The monoisotopic (exact) mass is 519 g/mol. The Hall–Kier alpha value is -4.59. The van der Waals surface area contributed by atoms with Crippen LogP contribution in [0.1, 0.15) is 21.5 Å². The summed E-state index contributed by atoms with van der Waals surface area (Å²) in [7, 11) is 1.20. The van der Waals surface area contributed by atoms with Crippen LogP contribution >= 0.6 is 0 Å². The first kappa shape index (κ1) is 26.5. The van der Waals surface area contributed by atoms with E-state index in [0.29, 0.717) is 5.56 Å². The zero-order valence-corrected chi connectivity index (χ0v) is 20.3. The van der Waals surface area contributed by atoms with E-state index in [2.05, 4.69) is 5.32 Å². The normalized spacial score (nSPS) is 12.0. The van der Waals surface area contributed by atoms with Crippen LogP contribution in [0.5, 0.6) is 5.75 Å². The Balaban J connectivity index is 1.55. The fraction of sp³-hybridized carbons (Fsp3) is 0.133. The summed E-state index contributed by atoms with van der Waals surface area (Å²) in [5, 5.41) is 12.9. The SMILES string of the molecule is COC(=O)[C@H](Cc1ccc(-c2ccccc2)cc1)NC(=O)c1cc(-c2cccc(C(F)(F)F)c2)ccc1O. The number of hydrogen-bond acceptors (Lipinski definition) is 4. The molecule has 0 aliphatic rings. The summed E-state index contributed by atoms with van der Waals surface area (Å²) in [6.45, 7) is 0. The smallest absolute Gasteiger partial charge is 0.416 e. The number of hydrogen-bond donors (Lipinski definition) is 2. The molecule has 0 saturated carbocycles. The van der Waals surface area contributed by atoms with Crippen molar-refractivity contribution >= 4 is 11.9 Å². The molecule has 4 aromatic rings. The minimum atomic E-state index is -4.53. The van der Waals surface area contributed by atoms with Gasteiger partial charge in [-0.3, -0.25) is 4.79 Å². The molecular weight excluding hydrogens is 495 g/mol. The number of nitrogens with one attached hydrogen (secondary N) is 1. The van der Waals surface area contributed by atoms with Crippen molar-refractivity contribution < 1.29 is 32.6 Å². The third-order valence-corrected chi connectivity index (χ3v) is 6.06. The van der Waals surface area contributed by atoms with Gasteiger partial charge in [-0.1, -0.05) is 72.8 Å². The van der Waals surface area contributed by atoms with E-state index in [0.717, 1.165) is 28.8 Å². The highest BCUT2D eigenvalue weighted by atomic mass is 19.4. The number of alkyl halides is 3. The van der Waals surface area contributed by atoms with E-state index in [4.69, 9.17) is 4.74 Å². The van der Waals surface area contributed by atoms with Crippen LogP contribution in [0.2, 0.25) is 0 Å². The van der Waals surface area contributed by atoms with Crippen molar-refractivity contribution in [3.63, 3.8) is 0 Å². The number of aromatic hydroxyl groups is 1. The second-order valence-corrected chi connectivity index (χ2v) is 8.63. The predicted molar refractivity (Wildman–Crippen MR) is 137 cm³/mol. The summed E-state index contributed by atoms with van der Waals surface area (Å²) in [5.74, 6) is -1.83. The molecular formula is C30H24F3NO4. The van der Waals surface area contributed by atoms with Crippen LogP contribution in [-0.4, -0.2) is 30.1 Å². The zero-order chi connectivity index (χ0) is 27.3. The Morgan fingerprint density at radius 2 is 1.42 bits per heavy atom. The predicted octanol–water partition coefficient (Wildman–Crippen LogP) is 6.26. The maximum absolute atomic E-state index is 13.1. The van der Waals surface area contributed by atoms with Gasteiger partial charge in [-0.05, 0) is 52.1 Å². The molecule has 2 N–H and O–H groups in total. The standard InChI is InChI=1S/C30H24F3NO4/c1-38-29(37)26(16-19-10-12-21(13-11-19)20-6-3-2-4-7-20)34-28(36)25-18-23(14-15-27(25)35)22-8-5-9-24(17-22)30(31,32)33/h2-15,17-18,26,35H,16H2,1H3,(H,34,36)/t26-/m0/s1. The van der Waals surface area contributed by atoms with Crippen LogP contribution in [0.4, 0.5) is 13.2 Å². The lowest BCUT2D eigenvalue weighted by molar-refractivity contribution is -0.143. The summed E-state index contributed by atoms with van der Waals surface area (Å²) in [5.41, 5.74) is 2.29. The van der Waals surface area contributed by atoms with Crippen LogP contribution in [0.15, 0.2) is 97.1 Å². The highest BCUT2D eigenvalue weighted by Crippen LogP contribution is 2.33. The van der Waals surface area contributed by atoms with E-state index < -0.39 is 29.7 Å². The van der Waals surface area contributed by atoms with Crippen molar-refractivity contribution in [2.24, 2.45) is 0 Å². The van der Waals surface area contributed by atoms with Gasteiger partial charge in [-0.25, -0.2) is 4.79 Å². The number of phenolic OH excluding ortho intramolecular Hbond substituents is 1. The Kier molecular flexibility index (Phi) is 7.81. The lowest BCUT2D eigenvalue weighted by atomic mass is 9.99. The van der Waals surface area contributed by atoms with Gasteiger partial charge in [-0.15, -0.1) is 0 Å². The van der Waals surface area contributed by atoms with Crippen molar-refractivity contribution in [1.82, 2.24) is 5.32 Å². The van der Waals surface area contributed by atoms with Crippen LogP contribution < -0.4 is 5.32 Å². The molecule has 1 atom stereocenters. The maximum atomic E-state index is 13.1. The van der Waals surface area contributed by atoms with E-state index in [-0.39, 0.29) is 23.3 Å². The van der Waals surface area contributed by atoms with Crippen LogP contribution in [0, 0.1) is 0 Å². The fourth-order valence-corrected chi connectivity index (χ4v) is 4.04. The summed E-state index contributed by atoms with van der Waals surface area (Å²) >= 11 is 0. The van der Waals surface area contributed by atoms with E-state index >= 15 is 0 Å². The van der Waals surface area contributed by atoms with E-state index in [1.807, 2.05) is 54.6 Å². The van der Waals surface area contributed by atoms with Gasteiger partial charge in [0, 0.05) is 6.42 Å². The largest absolute Gasteiger partial charge is 0.507 e. The molecule has 0 unspecified atom stereocenters. The number of halogens is 3. The molecule has 38 heavy (non-hydrogen) atoms. The number of rotatable bonds is 7. The summed E-state index contributed by atoms with van der Waals surface area (Å²) in [6, 6.07) is 24.8. The van der Waals surface area contributed by atoms with Crippen LogP contribution in [0.25, 0.3) is 22.3 Å². The third-order valence-electron chi connectivity index (χ3n) is 6.06. The Morgan fingerprint density at radius 3 is 2.08 bits per heavy atom. The molecule has 0 bridgehead atoms. The Morgan fingerprint density at radius 1 is 0.816 bits per heavy atom. The second-order valence-electron chi connectivity index (χ2n) is 8.63. The van der Waals surface area contributed by atoms with Gasteiger partial charge in [-0.2, -0.15) is 13.2 Å². The fourth-order valence-electron chi connectivity index (χ4n) is 4.04. The first-order valence-electron chi connectivity index (χ1n) is 11.7. The lowest BCUT2D eigenvalue weighted by Crippen LogP contribution is -2.43. The van der Waals surface area contributed by atoms with Gasteiger partial charge in [0.25, 0.3) is 5.91 Å². The average Bonchev–Trinajstić information content (AvgIpc) is 2.93. The van der Waals surface area contributed by atoms with Gasteiger partial charge in [0.15, 0.2) is 0 Å². The van der Waals surface area contributed by atoms with Crippen molar-refractivity contribution in [2.75, 3.05) is 7.11 Å². The lowest BCUT2D eigenvalue weighted by Gasteiger charge is -2.18. The summed E-state index contributed by atoms with van der Waals surface area (Å²) in [4.78, 5) is 25.5. The van der Waals surface area contributed by atoms with Crippen LogP contribution in [0.3, 0.4) is 0 Å². The van der Waals surface area contributed by atoms with Crippen molar-refractivity contribution in [2.45, 2.75) is 18.6 Å². The maximum Gasteiger partial charge on any atom is 0.416 e. The molecule has 0 aliphatic heterocycles. The van der Waals surface area contributed by atoms with E-state index in [9.17, 15) is 27.9 Å². The third kappa shape index (κ3) is 6.21. The molecule has 5 nitrogen and oxygen atoms in total. The summed E-state index contributed by atoms with van der Waals surface area (Å²) < 4.78 is 44.3. The highest BCUT2D eigenvalue weighted by molar-refractivity contribution is 6.00. The Bertz CT molecular complexity index is 1430. The molecule has 0 aromatic heterocycles. The second kappa shape index (κ2) is 11.2. The van der Waals surface area contributed by atoms with Crippen LogP contribution in [-0.2, 0) is 22.1 Å². The highest BCUT2D eigenvalue weighted by Gasteiger charge is 2.30. The molecule has 4 aromatic carbocycles. The molecule has 194 valence electrons. The van der Waals surface area contributed by atoms with Crippen molar-refractivity contribution in [1.29, 1.82) is 0 Å². The number of ether oxygens (including phenoxy) is 1. The zero-order valence-electron chi connectivity index (χ0n) is 20.3. The molecule has 0 saturated heterocycles. The molecule has 1 amide bonds. The number of esters is 1. The number of phenols is 1. The Labute approximate surface area is 217 Å². The number of carbonyl (C=O) groups is 2. The van der Waals surface area contributed by atoms with Gasteiger partial charge in [0.1, 0.15) is 11.8 Å². The van der Waals surface area contributed by atoms with E-state index in [1.54, 1.807) is 0 Å². The van der Waals surface area contributed by atoms with Crippen molar-refractivity contribution in [3.8, 4) is 28.0 Å². The first-order chi connectivity index (χ1) is 18.2. The number of amides is 1. The number of methoxy groups -OCH3 is 1. The number of benzene rings is 4. The van der Waals surface area contributed by atoms with Crippen molar-refractivity contribution in [3.05, 3.63) is 114 Å². The van der Waals surface area contributed by atoms with Gasteiger partial charge >= 0.3 is 12.1 Å². The van der Waals surface area contributed by atoms with Gasteiger partial charge in [0.05, 0.1) is 18.2 Å². The molecule has 0 fully saturated rings. The topological polar surface area (TPSA) is 75.6 Å².